The van der Waals surface area contributed by atoms with Crippen molar-refractivity contribution < 1.29 is 23.9 Å². The number of nitrogens with zero attached hydrogens (tertiary/aromatic N) is 2. The van der Waals surface area contributed by atoms with E-state index in [4.69, 9.17) is 10.1 Å². The fourth-order valence-electron chi connectivity index (χ4n) is 7.32. The standard InChI is InChI=1S/C37H49FN4O4/c1-6-35(2,3)27-15-20-37(21-16-27)41-32(25-11-13-28(38)14-12-25)34(46)42(37)29(17-19-36(4,5)30-23-40-30)24-7-9-26(10-8-24)33(45)39-22-18-31(43)44/h7-14,27,29-30,40H,6,15-23H2,1-5H3,(H,39,45)(H,43,44). The molecule has 3 aliphatic rings. The number of hydrogen-bond acceptors (Lipinski definition) is 5. The molecule has 2 aromatic carbocycles. The molecule has 2 aromatic rings. The molecule has 248 valence electrons. The minimum atomic E-state index is -0.971. The molecule has 5 rings (SSSR count). The predicted molar refractivity (Wildman–Crippen MR) is 177 cm³/mol. The smallest absolute Gasteiger partial charge is 0.305 e. The quantitative estimate of drug-likeness (QED) is 0.218. The number of amides is 2. The van der Waals surface area contributed by atoms with E-state index in [-0.39, 0.29) is 47.5 Å². The molecule has 2 fully saturated rings. The van der Waals surface area contributed by atoms with Gasteiger partial charge in [0, 0.05) is 30.3 Å². The second kappa shape index (κ2) is 13.3. The van der Waals surface area contributed by atoms with Gasteiger partial charge in [0.25, 0.3) is 11.8 Å². The van der Waals surface area contributed by atoms with Crippen LogP contribution in [0.5, 0.6) is 0 Å². The number of carboxylic acid groups (broad SMARTS) is 1. The third kappa shape index (κ3) is 7.19. The highest BCUT2D eigenvalue weighted by Gasteiger charge is 2.53. The summed E-state index contributed by atoms with van der Waals surface area (Å²) in [6.45, 7) is 12.5. The van der Waals surface area contributed by atoms with E-state index in [0.717, 1.165) is 57.1 Å². The summed E-state index contributed by atoms with van der Waals surface area (Å²) in [5, 5.41) is 15.1. The van der Waals surface area contributed by atoms with Gasteiger partial charge in [0.2, 0.25) is 0 Å². The summed E-state index contributed by atoms with van der Waals surface area (Å²) in [6.07, 6.45) is 5.97. The topological polar surface area (TPSA) is 121 Å². The second-order valence-electron chi connectivity index (χ2n) is 14.8. The van der Waals surface area contributed by atoms with Gasteiger partial charge in [0.1, 0.15) is 17.2 Å². The van der Waals surface area contributed by atoms with Crippen LogP contribution in [0.4, 0.5) is 4.39 Å². The van der Waals surface area contributed by atoms with Crippen LogP contribution in [-0.4, -0.2) is 58.3 Å². The van der Waals surface area contributed by atoms with Crippen LogP contribution in [0.1, 0.15) is 114 Å². The molecule has 0 aromatic heterocycles. The summed E-state index contributed by atoms with van der Waals surface area (Å²) in [5.41, 5.74) is 1.89. The zero-order valence-electron chi connectivity index (χ0n) is 27.9. The van der Waals surface area contributed by atoms with Crippen LogP contribution in [0.15, 0.2) is 53.5 Å². The summed E-state index contributed by atoms with van der Waals surface area (Å²) < 4.78 is 13.9. The largest absolute Gasteiger partial charge is 0.481 e. The number of carbonyl (C=O) groups excluding carboxylic acids is 2. The van der Waals surface area contributed by atoms with E-state index < -0.39 is 11.6 Å². The highest BCUT2D eigenvalue weighted by molar-refractivity contribution is 6.46. The van der Waals surface area contributed by atoms with Crippen molar-refractivity contribution in [3.05, 3.63) is 71.0 Å². The highest BCUT2D eigenvalue weighted by Crippen LogP contribution is 2.51. The van der Waals surface area contributed by atoms with Gasteiger partial charge in [-0.15, -0.1) is 0 Å². The molecular formula is C37H49FN4O4. The molecule has 1 saturated heterocycles. The number of carbonyl (C=O) groups is 3. The fourth-order valence-corrected chi connectivity index (χ4v) is 7.32. The molecule has 1 saturated carbocycles. The van der Waals surface area contributed by atoms with Crippen molar-refractivity contribution in [1.82, 2.24) is 15.5 Å². The van der Waals surface area contributed by atoms with Gasteiger partial charge in [-0.25, -0.2) is 4.39 Å². The van der Waals surface area contributed by atoms with Crippen molar-refractivity contribution in [2.75, 3.05) is 13.1 Å². The first-order valence-electron chi connectivity index (χ1n) is 16.8. The van der Waals surface area contributed by atoms with E-state index in [9.17, 15) is 18.8 Å². The Hall–Kier alpha value is -3.59. The molecule has 8 nitrogen and oxygen atoms in total. The van der Waals surface area contributed by atoms with Crippen molar-refractivity contribution in [3.63, 3.8) is 0 Å². The SMILES string of the molecule is CCC(C)(C)C1CCC2(CC1)N=C(c1ccc(F)cc1)C(=O)N2C(CCC(C)(C)C1CN1)c1ccc(C(=O)NCCC(=O)O)cc1. The maximum absolute atomic E-state index is 14.6. The Balaban J connectivity index is 1.50. The van der Waals surface area contributed by atoms with Gasteiger partial charge in [0.05, 0.1) is 12.5 Å². The predicted octanol–water partition coefficient (Wildman–Crippen LogP) is 6.50. The molecule has 2 aliphatic heterocycles. The average Bonchev–Trinajstić information content (AvgIpc) is 3.86. The molecule has 2 heterocycles. The van der Waals surface area contributed by atoms with Gasteiger partial charge in [-0.05, 0) is 97.2 Å². The van der Waals surface area contributed by atoms with E-state index in [0.29, 0.717) is 28.8 Å². The molecule has 46 heavy (non-hydrogen) atoms. The van der Waals surface area contributed by atoms with Crippen LogP contribution in [0.2, 0.25) is 0 Å². The maximum atomic E-state index is 14.6. The Morgan fingerprint density at radius 3 is 2.26 bits per heavy atom. The summed E-state index contributed by atoms with van der Waals surface area (Å²) in [5.74, 6) is -1.27. The van der Waals surface area contributed by atoms with Crippen molar-refractivity contribution in [3.8, 4) is 0 Å². The normalized spacial score (nSPS) is 23.7. The summed E-state index contributed by atoms with van der Waals surface area (Å²) >= 11 is 0. The molecular weight excluding hydrogens is 583 g/mol. The first-order valence-corrected chi connectivity index (χ1v) is 16.8. The lowest BCUT2D eigenvalue weighted by Crippen LogP contribution is -2.51. The van der Waals surface area contributed by atoms with Crippen LogP contribution >= 0.6 is 0 Å². The number of carboxylic acids is 1. The minimum absolute atomic E-state index is 0.0294. The average molecular weight is 633 g/mol. The van der Waals surface area contributed by atoms with Crippen LogP contribution in [0.25, 0.3) is 0 Å². The number of aliphatic carboxylic acids is 1. The Morgan fingerprint density at radius 2 is 1.70 bits per heavy atom. The monoisotopic (exact) mass is 632 g/mol. The summed E-state index contributed by atoms with van der Waals surface area (Å²) in [7, 11) is 0. The van der Waals surface area contributed by atoms with Crippen LogP contribution < -0.4 is 10.6 Å². The molecule has 9 heteroatoms. The third-order valence-corrected chi connectivity index (χ3v) is 11.0. The third-order valence-electron chi connectivity index (χ3n) is 11.0. The van der Waals surface area contributed by atoms with E-state index in [2.05, 4.69) is 45.3 Å². The molecule has 0 radical (unpaired) electrons. The molecule has 0 bridgehead atoms. The Bertz CT molecular complexity index is 1460. The number of halogens is 1. The molecule has 2 unspecified atom stereocenters. The number of hydrogen-bond donors (Lipinski definition) is 3. The van der Waals surface area contributed by atoms with Crippen LogP contribution in [0.3, 0.4) is 0 Å². The Morgan fingerprint density at radius 1 is 1.07 bits per heavy atom. The summed E-state index contributed by atoms with van der Waals surface area (Å²) in [4.78, 5) is 45.5. The van der Waals surface area contributed by atoms with Crippen LogP contribution in [0, 0.1) is 22.6 Å². The second-order valence-corrected chi connectivity index (χ2v) is 14.8. The van der Waals surface area contributed by atoms with E-state index in [1.54, 1.807) is 24.3 Å². The van der Waals surface area contributed by atoms with Crippen molar-refractivity contribution in [2.45, 2.75) is 104 Å². The number of benzene rings is 2. The van der Waals surface area contributed by atoms with Gasteiger partial charge < -0.3 is 20.6 Å². The lowest BCUT2D eigenvalue weighted by atomic mass is 9.67. The molecule has 1 aliphatic carbocycles. The van der Waals surface area contributed by atoms with Crippen LogP contribution in [-0.2, 0) is 9.59 Å². The van der Waals surface area contributed by atoms with Gasteiger partial charge >= 0.3 is 5.97 Å². The van der Waals surface area contributed by atoms with Gasteiger partial charge in [0.15, 0.2) is 0 Å². The highest BCUT2D eigenvalue weighted by atomic mass is 19.1. The Kier molecular flexibility index (Phi) is 9.73. The van der Waals surface area contributed by atoms with Crippen molar-refractivity contribution in [2.24, 2.45) is 21.7 Å². The van der Waals surface area contributed by atoms with Crippen molar-refractivity contribution in [1.29, 1.82) is 0 Å². The minimum Gasteiger partial charge on any atom is -0.481 e. The molecule has 3 N–H and O–H groups in total. The maximum Gasteiger partial charge on any atom is 0.305 e. The zero-order chi connectivity index (χ0) is 33.3. The first kappa shape index (κ1) is 33.8. The zero-order valence-corrected chi connectivity index (χ0v) is 27.9. The number of nitrogens with one attached hydrogen (secondary N) is 2. The van der Waals surface area contributed by atoms with Crippen molar-refractivity contribution >= 4 is 23.5 Å². The molecule has 1 spiro atoms. The van der Waals surface area contributed by atoms with Gasteiger partial charge in [-0.2, -0.15) is 0 Å². The van der Waals surface area contributed by atoms with E-state index >= 15 is 0 Å². The van der Waals surface area contributed by atoms with Gasteiger partial charge in [-0.3, -0.25) is 19.4 Å². The lowest BCUT2D eigenvalue weighted by Gasteiger charge is -2.48. The summed E-state index contributed by atoms with van der Waals surface area (Å²) in [6, 6.07) is 13.5. The fraction of sp³-hybridized carbons (Fsp3) is 0.568. The number of aliphatic imine (C=N–C) groups is 1. The Labute approximate surface area is 272 Å². The molecule has 2 amide bonds. The number of rotatable bonds is 13. The molecule has 2 atom stereocenters. The van der Waals surface area contributed by atoms with E-state index in [1.165, 1.54) is 12.1 Å². The lowest BCUT2D eigenvalue weighted by molar-refractivity contribution is -0.137. The van der Waals surface area contributed by atoms with Gasteiger partial charge in [-0.1, -0.05) is 53.2 Å². The van der Waals surface area contributed by atoms with E-state index in [1.807, 2.05) is 17.0 Å². The first-order chi connectivity index (χ1) is 21.8.